The van der Waals surface area contributed by atoms with Crippen molar-refractivity contribution in [3.8, 4) is 0 Å². The first kappa shape index (κ1) is 13.6. The van der Waals surface area contributed by atoms with Crippen LogP contribution in [0.1, 0.15) is 12.8 Å². The summed E-state index contributed by atoms with van der Waals surface area (Å²) >= 11 is 3.26. The van der Waals surface area contributed by atoms with Gasteiger partial charge in [-0.3, -0.25) is 0 Å². The Balaban J connectivity index is 2.60. The van der Waals surface area contributed by atoms with Gasteiger partial charge in [0.1, 0.15) is 0 Å². The summed E-state index contributed by atoms with van der Waals surface area (Å²) in [4.78, 5) is 0.281. The van der Waals surface area contributed by atoms with E-state index in [0.29, 0.717) is 13.1 Å². The van der Waals surface area contributed by atoms with Crippen molar-refractivity contribution < 1.29 is 8.42 Å². The molecule has 0 aromatic heterocycles. The predicted molar refractivity (Wildman–Crippen MR) is 67.6 cm³/mol. The van der Waals surface area contributed by atoms with Gasteiger partial charge in [-0.15, -0.1) is 0 Å². The third-order valence-electron chi connectivity index (χ3n) is 2.05. The zero-order valence-electron chi connectivity index (χ0n) is 8.82. The summed E-state index contributed by atoms with van der Waals surface area (Å²) < 4.78 is 26.9. The highest BCUT2D eigenvalue weighted by Crippen LogP contribution is 2.14. The molecule has 0 saturated carbocycles. The first-order valence-corrected chi connectivity index (χ1v) is 7.29. The van der Waals surface area contributed by atoms with Crippen LogP contribution in [0.2, 0.25) is 0 Å². The smallest absolute Gasteiger partial charge is 0.240 e. The molecule has 0 atom stereocenters. The van der Waals surface area contributed by atoms with Crippen LogP contribution in [-0.2, 0) is 10.0 Å². The largest absolute Gasteiger partial charge is 0.330 e. The third kappa shape index (κ3) is 4.21. The van der Waals surface area contributed by atoms with Gasteiger partial charge >= 0.3 is 0 Å². The molecule has 0 radical (unpaired) electrons. The fourth-order valence-electron chi connectivity index (χ4n) is 1.17. The van der Waals surface area contributed by atoms with Gasteiger partial charge in [-0.2, -0.15) is 0 Å². The van der Waals surface area contributed by atoms with Gasteiger partial charge in [-0.25, -0.2) is 13.1 Å². The van der Waals surface area contributed by atoms with Gasteiger partial charge in [-0.05, 0) is 43.7 Å². The highest BCUT2D eigenvalue weighted by atomic mass is 79.9. The van der Waals surface area contributed by atoms with Crippen molar-refractivity contribution in [3.63, 3.8) is 0 Å². The molecule has 0 saturated heterocycles. The Labute approximate surface area is 104 Å². The van der Waals surface area contributed by atoms with Gasteiger partial charge in [0, 0.05) is 11.0 Å². The van der Waals surface area contributed by atoms with Crippen LogP contribution in [0.25, 0.3) is 0 Å². The van der Waals surface area contributed by atoms with Crippen molar-refractivity contribution in [2.24, 2.45) is 5.73 Å². The summed E-state index contributed by atoms with van der Waals surface area (Å²) in [5, 5.41) is 0. The van der Waals surface area contributed by atoms with Gasteiger partial charge in [-0.1, -0.05) is 15.9 Å². The molecule has 16 heavy (non-hydrogen) atoms. The Morgan fingerprint density at radius 2 is 1.81 bits per heavy atom. The van der Waals surface area contributed by atoms with E-state index in [1.807, 2.05) is 0 Å². The summed E-state index contributed by atoms with van der Waals surface area (Å²) in [5.41, 5.74) is 5.32. The first-order chi connectivity index (χ1) is 7.56. The molecule has 90 valence electrons. The molecule has 0 aliphatic rings. The zero-order valence-corrected chi connectivity index (χ0v) is 11.2. The number of hydrogen-bond acceptors (Lipinski definition) is 3. The molecular formula is C10H15BrN2O2S. The van der Waals surface area contributed by atoms with Crippen molar-refractivity contribution >= 4 is 26.0 Å². The number of sulfonamides is 1. The standard InChI is InChI=1S/C10H15BrN2O2S/c11-9-3-5-10(6-4-9)16(14,15)13-8-2-1-7-12/h3-6,13H,1-2,7-8,12H2. The summed E-state index contributed by atoms with van der Waals surface area (Å²) in [7, 11) is -3.37. The van der Waals surface area contributed by atoms with E-state index in [-0.39, 0.29) is 4.90 Å². The molecule has 1 rings (SSSR count). The van der Waals surface area contributed by atoms with Crippen LogP contribution in [0, 0.1) is 0 Å². The number of rotatable bonds is 6. The average molecular weight is 307 g/mol. The van der Waals surface area contributed by atoms with E-state index in [1.54, 1.807) is 24.3 Å². The third-order valence-corrected chi connectivity index (χ3v) is 4.05. The van der Waals surface area contributed by atoms with E-state index < -0.39 is 10.0 Å². The summed E-state index contributed by atoms with van der Waals surface area (Å²) in [6, 6.07) is 6.54. The van der Waals surface area contributed by atoms with Crippen molar-refractivity contribution in [3.05, 3.63) is 28.7 Å². The molecule has 0 heterocycles. The maximum atomic E-state index is 11.7. The summed E-state index contributed by atoms with van der Waals surface area (Å²) in [6.07, 6.45) is 1.58. The Morgan fingerprint density at radius 3 is 2.38 bits per heavy atom. The SMILES string of the molecule is NCCCCNS(=O)(=O)c1ccc(Br)cc1. The van der Waals surface area contributed by atoms with Crippen LogP contribution in [0.15, 0.2) is 33.6 Å². The lowest BCUT2D eigenvalue weighted by Gasteiger charge is -2.06. The van der Waals surface area contributed by atoms with Crippen LogP contribution in [-0.4, -0.2) is 21.5 Å². The fraction of sp³-hybridized carbons (Fsp3) is 0.400. The molecule has 4 nitrogen and oxygen atoms in total. The van der Waals surface area contributed by atoms with Crippen molar-refractivity contribution in [2.75, 3.05) is 13.1 Å². The van der Waals surface area contributed by atoms with E-state index in [9.17, 15) is 8.42 Å². The van der Waals surface area contributed by atoms with E-state index >= 15 is 0 Å². The Kier molecular flexibility index (Phi) is 5.40. The van der Waals surface area contributed by atoms with Crippen LogP contribution in [0.4, 0.5) is 0 Å². The second-order valence-electron chi connectivity index (χ2n) is 3.35. The summed E-state index contributed by atoms with van der Waals surface area (Å²) in [6.45, 7) is 1.01. The predicted octanol–water partition coefficient (Wildman–Crippen LogP) is 1.47. The number of unbranched alkanes of at least 4 members (excludes halogenated alkanes) is 1. The highest BCUT2D eigenvalue weighted by molar-refractivity contribution is 9.10. The molecule has 0 bridgehead atoms. The second-order valence-corrected chi connectivity index (χ2v) is 6.03. The van der Waals surface area contributed by atoms with Crippen LogP contribution < -0.4 is 10.5 Å². The fourth-order valence-corrected chi connectivity index (χ4v) is 2.51. The molecule has 0 unspecified atom stereocenters. The minimum atomic E-state index is -3.37. The molecule has 3 N–H and O–H groups in total. The molecular weight excluding hydrogens is 292 g/mol. The zero-order chi connectivity index (χ0) is 12.0. The van der Waals surface area contributed by atoms with E-state index in [2.05, 4.69) is 20.7 Å². The lowest BCUT2D eigenvalue weighted by Crippen LogP contribution is -2.25. The molecule has 0 aliphatic carbocycles. The van der Waals surface area contributed by atoms with Crippen molar-refractivity contribution in [2.45, 2.75) is 17.7 Å². The van der Waals surface area contributed by atoms with Crippen molar-refractivity contribution in [1.29, 1.82) is 0 Å². The van der Waals surface area contributed by atoms with Crippen LogP contribution in [0.5, 0.6) is 0 Å². The van der Waals surface area contributed by atoms with E-state index in [4.69, 9.17) is 5.73 Å². The highest BCUT2D eigenvalue weighted by Gasteiger charge is 2.12. The molecule has 0 aliphatic heterocycles. The number of nitrogens with two attached hydrogens (primary N) is 1. The molecule has 0 amide bonds. The molecule has 1 aromatic rings. The monoisotopic (exact) mass is 306 g/mol. The first-order valence-electron chi connectivity index (χ1n) is 5.01. The van der Waals surface area contributed by atoms with Crippen molar-refractivity contribution in [1.82, 2.24) is 4.72 Å². The Hall–Kier alpha value is -0.430. The van der Waals surface area contributed by atoms with Crippen LogP contribution in [0.3, 0.4) is 0 Å². The number of halogens is 1. The number of hydrogen-bond donors (Lipinski definition) is 2. The lowest BCUT2D eigenvalue weighted by molar-refractivity contribution is 0.577. The van der Waals surface area contributed by atoms with E-state index in [1.165, 1.54) is 0 Å². The van der Waals surface area contributed by atoms with Gasteiger partial charge in [0.2, 0.25) is 10.0 Å². The van der Waals surface area contributed by atoms with Gasteiger partial charge in [0.25, 0.3) is 0 Å². The molecule has 6 heteroatoms. The quantitative estimate of drug-likeness (QED) is 0.782. The van der Waals surface area contributed by atoms with Gasteiger partial charge in [0.05, 0.1) is 4.90 Å². The van der Waals surface area contributed by atoms with Gasteiger partial charge in [0.15, 0.2) is 0 Å². The Morgan fingerprint density at radius 1 is 1.19 bits per heavy atom. The van der Waals surface area contributed by atoms with E-state index in [0.717, 1.165) is 17.3 Å². The van der Waals surface area contributed by atoms with Crippen LogP contribution >= 0.6 is 15.9 Å². The summed E-state index contributed by atoms with van der Waals surface area (Å²) in [5.74, 6) is 0. The topological polar surface area (TPSA) is 72.2 Å². The second kappa shape index (κ2) is 6.34. The number of nitrogens with one attached hydrogen (secondary N) is 1. The molecule has 1 aromatic carbocycles. The average Bonchev–Trinajstić information content (AvgIpc) is 2.25. The normalized spacial score (nSPS) is 11.6. The lowest BCUT2D eigenvalue weighted by atomic mass is 10.3. The maximum absolute atomic E-state index is 11.7. The molecule has 0 spiro atoms. The van der Waals surface area contributed by atoms with Gasteiger partial charge < -0.3 is 5.73 Å². The molecule has 0 fully saturated rings. The Bertz CT molecular complexity index is 417. The minimum Gasteiger partial charge on any atom is -0.330 e. The number of benzene rings is 1. The minimum absolute atomic E-state index is 0.281. The maximum Gasteiger partial charge on any atom is 0.240 e.